The molecule has 0 bridgehead atoms. The van der Waals surface area contributed by atoms with E-state index in [2.05, 4.69) is 0 Å². The summed E-state index contributed by atoms with van der Waals surface area (Å²) in [5.74, 6) is 0.0939. The minimum atomic E-state index is -3.12. The molecule has 0 aliphatic carbocycles. The molecule has 2 atom stereocenters. The molecule has 2 saturated heterocycles. The van der Waals surface area contributed by atoms with E-state index in [1.54, 1.807) is 33.4 Å². The van der Waals surface area contributed by atoms with Gasteiger partial charge >= 0.3 is 5.69 Å². The van der Waals surface area contributed by atoms with Gasteiger partial charge in [0, 0.05) is 0 Å². The number of imidazole rings is 1. The molecule has 3 heterocycles. The zero-order chi connectivity index (χ0) is 17.1. The Morgan fingerprint density at radius 3 is 1.54 bits per heavy atom. The van der Waals surface area contributed by atoms with Gasteiger partial charge in [0.15, 0.2) is 19.7 Å². The van der Waals surface area contributed by atoms with E-state index < -0.39 is 19.7 Å². The average molecular weight is 370 g/mol. The van der Waals surface area contributed by atoms with Crippen LogP contribution in [0.3, 0.4) is 0 Å². The van der Waals surface area contributed by atoms with Crippen molar-refractivity contribution in [3.05, 3.63) is 34.7 Å². The molecular weight excluding hydrogens is 352 g/mol. The quantitative estimate of drug-likeness (QED) is 0.768. The van der Waals surface area contributed by atoms with Crippen LogP contribution >= 0.6 is 0 Å². The van der Waals surface area contributed by atoms with Crippen LogP contribution < -0.4 is 5.69 Å². The van der Waals surface area contributed by atoms with Crippen molar-refractivity contribution >= 4 is 30.7 Å². The van der Waals surface area contributed by atoms with Gasteiger partial charge in [-0.3, -0.25) is 9.13 Å². The van der Waals surface area contributed by atoms with Gasteiger partial charge < -0.3 is 0 Å². The van der Waals surface area contributed by atoms with E-state index >= 15 is 0 Å². The summed E-state index contributed by atoms with van der Waals surface area (Å²) in [5.41, 5.74) is 1.04. The molecule has 130 valence electrons. The van der Waals surface area contributed by atoms with Crippen LogP contribution in [0.4, 0.5) is 0 Å². The van der Waals surface area contributed by atoms with Gasteiger partial charge in [0.25, 0.3) is 0 Å². The lowest BCUT2D eigenvalue weighted by Crippen LogP contribution is -2.30. The summed E-state index contributed by atoms with van der Waals surface area (Å²) >= 11 is 0. The molecule has 24 heavy (non-hydrogen) atoms. The lowest BCUT2D eigenvalue weighted by atomic mass is 10.2. The maximum atomic E-state index is 13.0. The molecule has 1 aromatic heterocycles. The third-order valence-corrected chi connectivity index (χ3v) is 8.46. The normalized spacial score (nSPS) is 28.5. The average Bonchev–Trinajstić information content (AvgIpc) is 3.12. The van der Waals surface area contributed by atoms with Gasteiger partial charge in [-0.2, -0.15) is 0 Å². The van der Waals surface area contributed by atoms with Crippen LogP contribution in [0.2, 0.25) is 0 Å². The monoisotopic (exact) mass is 370 g/mol. The highest BCUT2D eigenvalue weighted by Crippen LogP contribution is 2.30. The fraction of sp³-hybridized carbons (Fsp3) is 0.533. The molecule has 0 spiro atoms. The summed E-state index contributed by atoms with van der Waals surface area (Å²) in [5, 5.41) is 0. The Morgan fingerprint density at radius 2 is 1.21 bits per heavy atom. The van der Waals surface area contributed by atoms with Gasteiger partial charge in [-0.25, -0.2) is 21.6 Å². The van der Waals surface area contributed by atoms with Crippen molar-refractivity contribution in [1.82, 2.24) is 9.13 Å². The molecule has 0 N–H and O–H groups in total. The van der Waals surface area contributed by atoms with Gasteiger partial charge in [0.05, 0.1) is 46.1 Å². The Kier molecular flexibility index (Phi) is 3.44. The van der Waals surface area contributed by atoms with Gasteiger partial charge in [-0.15, -0.1) is 0 Å². The van der Waals surface area contributed by atoms with Crippen LogP contribution in [0.25, 0.3) is 11.0 Å². The molecule has 0 amide bonds. The summed E-state index contributed by atoms with van der Waals surface area (Å²) in [6, 6.07) is 6.43. The van der Waals surface area contributed by atoms with Gasteiger partial charge in [-0.1, -0.05) is 12.1 Å². The molecule has 2 aliphatic rings. The highest BCUT2D eigenvalue weighted by molar-refractivity contribution is 7.91. The highest BCUT2D eigenvalue weighted by Gasteiger charge is 2.35. The predicted octanol–water partition coefficient (Wildman–Crippen LogP) is 0.522. The summed E-state index contributed by atoms with van der Waals surface area (Å²) in [7, 11) is -6.24. The van der Waals surface area contributed by atoms with Gasteiger partial charge in [0.1, 0.15) is 0 Å². The first-order valence-electron chi connectivity index (χ1n) is 7.90. The number of aromatic nitrogens is 2. The van der Waals surface area contributed by atoms with E-state index in [0.29, 0.717) is 23.9 Å². The zero-order valence-corrected chi connectivity index (χ0v) is 14.6. The van der Waals surface area contributed by atoms with E-state index in [0.717, 1.165) is 0 Å². The Bertz CT molecular complexity index is 995. The highest BCUT2D eigenvalue weighted by atomic mass is 32.2. The maximum Gasteiger partial charge on any atom is 0.329 e. The molecule has 0 saturated carbocycles. The summed E-state index contributed by atoms with van der Waals surface area (Å²) in [6.07, 6.45) is 0.832. The minimum Gasteiger partial charge on any atom is -0.288 e. The standard InChI is InChI=1S/C15H18N2O5S2/c18-15-16(11-5-7-23(19,20)9-11)13-3-1-2-4-14(13)17(15)12-6-8-24(21,22)10-12/h1-4,11-12H,5-10H2/t11-,12+. The Labute approximate surface area is 139 Å². The number of hydrogen-bond acceptors (Lipinski definition) is 5. The first kappa shape index (κ1) is 15.9. The zero-order valence-electron chi connectivity index (χ0n) is 13.0. The van der Waals surface area contributed by atoms with Crippen LogP contribution in [-0.2, 0) is 19.7 Å². The summed E-state index contributed by atoms with van der Waals surface area (Å²) in [6.45, 7) is 0. The van der Waals surface area contributed by atoms with Crippen molar-refractivity contribution < 1.29 is 16.8 Å². The van der Waals surface area contributed by atoms with Crippen LogP contribution in [0.1, 0.15) is 24.9 Å². The molecule has 9 heteroatoms. The van der Waals surface area contributed by atoms with Crippen molar-refractivity contribution in [2.45, 2.75) is 24.9 Å². The molecule has 2 aromatic rings. The summed E-state index contributed by atoms with van der Waals surface area (Å²) < 4.78 is 50.3. The number of sulfone groups is 2. The fourth-order valence-electron chi connectivity index (χ4n) is 3.86. The molecule has 0 radical (unpaired) electrons. The van der Waals surface area contributed by atoms with Crippen LogP contribution in [0.15, 0.2) is 29.1 Å². The van der Waals surface area contributed by atoms with Crippen molar-refractivity contribution in [3.63, 3.8) is 0 Å². The SMILES string of the molecule is O=c1n([C@@H]2CCS(=O)(=O)C2)c2ccccc2n1[C@H]1CCS(=O)(=O)C1. The van der Waals surface area contributed by atoms with E-state index in [9.17, 15) is 21.6 Å². The fourth-order valence-corrected chi connectivity index (χ4v) is 7.26. The van der Waals surface area contributed by atoms with Crippen molar-refractivity contribution in [1.29, 1.82) is 0 Å². The predicted molar refractivity (Wildman–Crippen MR) is 90.8 cm³/mol. The van der Waals surface area contributed by atoms with Crippen molar-refractivity contribution in [3.8, 4) is 0 Å². The first-order valence-corrected chi connectivity index (χ1v) is 11.5. The lowest BCUT2D eigenvalue weighted by Gasteiger charge is -2.11. The second-order valence-electron chi connectivity index (χ2n) is 6.63. The topological polar surface area (TPSA) is 95.2 Å². The van der Waals surface area contributed by atoms with E-state index in [1.165, 1.54) is 0 Å². The summed E-state index contributed by atoms with van der Waals surface area (Å²) in [4.78, 5) is 13.0. The van der Waals surface area contributed by atoms with E-state index in [-0.39, 0.29) is 40.8 Å². The van der Waals surface area contributed by atoms with Gasteiger partial charge in [-0.05, 0) is 25.0 Å². The van der Waals surface area contributed by atoms with E-state index in [4.69, 9.17) is 0 Å². The smallest absolute Gasteiger partial charge is 0.288 e. The largest absolute Gasteiger partial charge is 0.329 e. The number of rotatable bonds is 2. The van der Waals surface area contributed by atoms with Crippen LogP contribution in [0.5, 0.6) is 0 Å². The number of fused-ring (bicyclic) bond motifs is 1. The van der Waals surface area contributed by atoms with Crippen LogP contribution in [-0.4, -0.2) is 49.0 Å². The van der Waals surface area contributed by atoms with E-state index in [1.807, 2.05) is 0 Å². The maximum absolute atomic E-state index is 13.0. The molecular formula is C15H18N2O5S2. The Hall–Kier alpha value is -1.61. The Morgan fingerprint density at radius 1 is 0.792 bits per heavy atom. The number of hydrogen-bond donors (Lipinski definition) is 0. The number of benzene rings is 1. The van der Waals surface area contributed by atoms with Crippen LogP contribution in [0, 0.1) is 0 Å². The Balaban J connectivity index is 1.90. The second-order valence-corrected chi connectivity index (χ2v) is 11.1. The van der Waals surface area contributed by atoms with Crippen molar-refractivity contribution in [2.24, 2.45) is 0 Å². The molecule has 1 aromatic carbocycles. The van der Waals surface area contributed by atoms with Gasteiger partial charge in [0.2, 0.25) is 0 Å². The third-order valence-electron chi connectivity index (χ3n) is 4.96. The second kappa shape index (κ2) is 5.19. The number of para-hydroxylation sites is 2. The third kappa shape index (κ3) is 2.50. The first-order chi connectivity index (χ1) is 11.3. The molecule has 0 unspecified atom stereocenters. The molecule has 2 aliphatic heterocycles. The molecule has 2 fully saturated rings. The number of nitrogens with zero attached hydrogens (tertiary/aromatic N) is 2. The molecule has 4 rings (SSSR count). The molecule has 7 nitrogen and oxygen atoms in total. The lowest BCUT2D eigenvalue weighted by molar-refractivity contribution is 0.499. The minimum absolute atomic E-state index is 0.0378. The van der Waals surface area contributed by atoms with Crippen molar-refractivity contribution in [2.75, 3.05) is 23.0 Å².